The van der Waals surface area contributed by atoms with Gasteiger partial charge in [0.15, 0.2) is 5.16 Å². The highest BCUT2D eigenvalue weighted by Crippen LogP contribution is 2.50. The fourth-order valence-corrected chi connectivity index (χ4v) is 7.21. The number of anilines is 1. The highest BCUT2D eigenvalue weighted by Gasteiger charge is 2.47. The topological polar surface area (TPSA) is 66.1 Å². The molecule has 1 aliphatic heterocycles. The standard InChI is InChI=1S/C31H30ClN3O2S2/c1-30(2)20-31(3,21-9-5-4-6-10-21)25-11-7-8-12-26(25)35(30)28(37)19-39-29-33-23(17-27(36)34-29)18-38-24-15-13-22(32)14-16-24/h4-17H,18-20H2,1-3H3,(H,33,34,36)/t31-/m1/s1. The lowest BCUT2D eigenvalue weighted by Gasteiger charge is -2.51. The highest BCUT2D eigenvalue weighted by atomic mass is 35.5. The number of nitrogens with zero attached hydrogens (tertiary/aromatic N) is 2. The Bertz CT molecular complexity index is 1540. The van der Waals surface area contributed by atoms with Gasteiger partial charge in [-0.05, 0) is 61.7 Å². The third-order valence-electron chi connectivity index (χ3n) is 7.10. The number of nitrogens with one attached hydrogen (secondary N) is 1. The molecule has 0 fully saturated rings. The summed E-state index contributed by atoms with van der Waals surface area (Å²) in [4.78, 5) is 36.5. The van der Waals surface area contributed by atoms with Gasteiger partial charge in [-0.15, -0.1) is 11.8 Å². The third kappa shape index (κ3) is 5.96. The fourth-order valence-electron chi connectivity index (χ4n) is 5.54. The largest absolute Gasteiger partial charge is 0.306 e. The number of H-pyrrole nitrogens is 1. The van der Waals surface area contributed by atoms with Gasteiger partial charge < -0.3 is 9.88 Å². The van der Waals surface area contributed by atoms with Crippen LogP contribution in [0.2, 0.25) is 5.02 Å². The first-order valence-corrected chi connectivity index (χ1v) is 15.1. The van der Waals surface area contributed by atoms with Crippen molar-refractivity contribution in [3.8, 4) is 0 Å². The van der Waals surface area contributed by atoms with Crippen LogP contribution in [0.3, 0.4) is 0 Å². The number of carbonyl (C=O) groups excluding carboxylic acids is 1. The quantitative estimate of drug-likeness (QED) is 0.185. The summed E-state index contributed by atoms with van der Waals surface area (Å²) in [5.74, 6) is 0.685. The number of carbonyl (C=O) groups is 1. The maximum absolute atomic E-state index is 13.8. The lowest BCUT2D eigenvalue weighted by atomic mass is 9.65. The first-order chi connectivity index (χ1) is 18.7. The minimum atomic E-state index is -0.422. The Hall–Kier alpha value is -3.00. The zero-order valence-corrected chi connectivity index (χ0v) is 24.5. The van der Waals surface area contributed by atoms with E-state index in [4.69, 9.17) is 11.6 Å². The maximum Gasteiger partial charge on any atom is 0.251 e. The number of thioether (sulfide) groups is 2. The predicted octanol–water partition coefficient (Wildman–Crippen LogP) is 7.33. The summed E-state index contributed by atoms with van der Waals surface area (Å²) in [7, 11) is 0. The van der Waals surface area contributed by atoms with E-state index in [0.29, 0.717) is 21.6 Å². The molecule has 8 heteroatoms. The van der Waals surface area contributed by atoms with E-state index in [1.807, 2.05) is 53.4 Å². The lowest BCUT2D eigenvalue weighted by Crippen LogP contribution is -2.56. The number of para-hydroxylation sites is 1. The molecule has 0 bridgehead atoms. The molecule has 0 radical (unpaired) electrons. The van der Waals surface area contributed by atoms with Gasteiger partial charge in [0, 0.05) is 38.4 Å². The Morgan fingerprint density at radius 1 is 0.974 bits per heavy atom. The van der Waals surface area contributed by atoms with E-state index in [9.17, 15) is 9.59 Å². The van der Waals surface area contributed by atoms with Crippen molar-refractivity contribution in [1.29, 1.82) is 0 Å². The van der Waals surface area contributed by atoms with Crippen molar-refractivity contribution in [2.45, 2.75) is 54.0 Å². The van der Waals surface area contributed by atoms with E-state index < -0.39 is 5.54 Å². The van der Waals surface area contributed by atoms with Crippen LogP contribution < -0.4 is 10.5 Å². The summed E-state index contributed by atoms with van der Waals surface area (Å²) in [6.07, 6.45) is 0.782. The van der Waals surface area contributed by atoms with Gasteiger partial charge in [-0.1, -0.05) is 78.8 Å². The van der Waals surface area contributed by atoms with Gasteiger partial charge in [0.25, 0.3) is 5.56 Å². The van der Waals surface area contributed by atoms with Crippen molar-refractivity contribution in [1.82, 2.24) is 9.97 Å². The first kappa shape index (κ1) is 27.6. The molecule has 2 heterocycles. The average molecular weight is 576 g/mol. The van der Waals surface area contributed by atoms with Gasteiger partial charge >= 0.3 is 0 Å². The molecule has 0 saturated heterocycles. The number of halogens is 1. The second kappa shape index (κ2) is 11.2. The molecule has 0 saturated carbocycles. The molecule has 1 aliphatic rings. The van der Waals surface area contributed by atoms with Crippen LogP contribution in [0.5, 0.6) is 0 Å². The zero-order chi connectivity index (χ0) is 27.6. The van der Waals surface area contributed by atoms with Crippen molar-refractivity contribution in [3.05, 3.63) is 117 Å². The number of aromatic amines is 1. The van der Waals surface area contributed by atoms with Gasteiger partial charge in [0.1, 0.15) is 0 Å². The van der Waals surface area contributed by atoms with Crippen LogP contribution in [0, 0.1) is 0 Å². The normalized spacial score (nSPS) is 18.0. The van der Waals surface area contributed by atoms with Crippen molar-refractivity contribution in [2.75, 3.05) is 10.7 Å². The molecule has 3 aromatic carbocycles. The summed E-state index contributed by atoms with van der Waals surface area (Å²) in [6.45, 7) is 6.52. The molecule has 1 atom stereocenters. The Morgan fingerprint density at radius 2 is 1.67 bits per heavy atom. The molecule has 4 aromatic rings. The van der Waals surface area contributed by atoms with Gasteiger partial charge in [0.05, 0.1) is 11.4 Å². The molecular formula is C31H30ClN3O2S2. The summed E-state index contributed by atoms with van der Waals surface area (Å²) in [5.41, 5.74) is 3.09. The highest BCUT2D eigenvalue weighted by molar-refractivity contribution is 7.99. The van der Waals surface area contributed by atoms with Gasteiger partial charge in [-0.25, -0.2) is 4.98 Å². The third-order valence-corrected chi connectivity index (χ3v) is 9.25. The summed E-state index contributed by atoms with van der Waals surface area (Å²) < 4.78 is 0. The van der Waals surface area contributed by atoms with E-state index in [1.54, 1.807) is 11.8 Å². The minimum Gasteiger partial charge on any atom is -0.306 e. The van der Waals surface area contributed by atoms with Crippen molar-refractivity contribution in [2.24, 2.45) is 0 Å². The number of aromatic nitrogens is 2. The molecule has 0 unspecified atom stereocenters. The van der Waals surface area contributed by atoms with Crippen LogP contribution in [0.25, 0.3) is 0 Å². The lowest BCUT2D eigenvalue weighted by molar-refractivity contribution is -0.117. The Balaban J connectivity index is 1.35. The SMILES string of the molecule is CC1(C)C[C@](C)(c2ccccc2)c2ccccc2N1C(=O)CSc1nc(CSc2ccc(Cl)cc2)cc(=O)[nH]1. The number of benzene rings is 3. The predicted molar refractivity (Wildman–Crippen MR) is 162 cm³/mol. The molecule has 5 nitrogen and oxygen atoms in total. The van der Waals surface area contributed by atoms with Crippen LogP contribution in [0.15, 0.2) is 99.8 Å². The molecule has 1 amide bonds. The molecule has 1 N–H and O–H groups in total. The molecule has 5 rings (SSSR count). The Morgan fingerprint density at radius 3 is 2.41 bits per heavy atom. The van der Waals surface area contributed by atoms with Crippen molar-refractivity contribution >= 4 is 46.7 Å². The molecule has 200 valence electrons. The number of amides is 1. The monoisotopic (exact) mass is 575 g/mol. The number of hydrogen-bond acceptors (Lipinski definition) is 5. The number of fused-ring (bicyclic) bond motifs is 1. The summed E-state index contributed by atoms with van der Waals surface area (Å²) in [6, 6.07) is 27.8. The Labute approximate surface area is 242 Å². The van der Waals surface area contributed by atoms with Crippen molar-refractivity contribution in [3.63, 3.8) is 0 Å². The Kier molecular flexibility index (Phi) is 7.94. The summed E-state index contributed by atoms with van der Waals surface area (Å²) >= 11 is 8.81. The van der Waals surface area contributed by atoms with Gasteiger partial charge in [-0.3, -0.25) is 9.59 Å². The smallest absolute Gasteiger partial charge is 0.251 e. The van der Waals surface area contributed by atoms with Crippen LogP contribution in [-0.2, 0) is 16.0 Å². The van der Waals surface area contributed by atoms with Crippen LogP contribution in [-0.4, -0.2) is 27.2 Å². The molecule has 39 heavy (non-hydrogen) atoms. The first-order valence-electron chi connectivity index (χ1n) is 12.8. The van der Waals surface area contributed by atoms with Gasteiger partial charge in [-0.2, -0.15) is 0 Å². The molecule has 0 spiro atoms. The van der Waals surface area contributed by atoms with E-state index in [-0.39, 0.29) is 22.6 Å². The minimum absolute atomic E-state index is 0.0175. The second-order valence-electron chi connectivity index (χ2n) is 10.5. The van der Waals surface area contributed by atoms with Crippen molar-refractivity contribution < 1.29 is 4.79 Å². The van der Waals surface area contributed by atoms with E-state index in [1.165, 1.54) is 23.4 Å². The maximum atomic E-state index is 13.8. The fraction of sp³-hybridized carbons (Fsp3) is 0.258. The summed E-state index contributed by atoms with van der Waals surface area (Å²) in [5, 5.41) is 1.13. The zero-order valence-electron chi connectivity index (χ0n) is 22.1. The number of rotatable bonds is 7. The van der Waals surface area contributed by atoms with Crippen LogP contribution in [0.4, 0.5) is 5.69 Å². The average Bonchev–Trinajstić information content (AvgIpc) is 2.91. The molecular weight excluding hydrogens is 546 g/mol. The van der Waals surface area contributed by atoms with Crippen LogP contribution in [0.1, 0.15) is 44.0 Å². The van der Waals surface area contributed by atoms with E-state index in [0.717, 1.165) is 22.6 Å². The van der Waals surface area contributed by atoms with Gasteiger partial charge in [0.2, 0.25) is 5.91 Å². The van der Waals surface area contributed by atoms with E-state index >= 15 is 0 Å². The molecule has 1 aromatic heterocycles. The second-order valence-corrected chi connectivity index (χ2v) is 13.0. The van der Waals surface area contributed by atoms with E-state index in [2.05, 4.69) is 61.1 Å². The molecule has 0 aliphatic carbocycles. The number of hydrogen-bond donors (Lipinski definition) is 1. The van der Waals surface area contributed by atoms with Crippen LogP contribution >= 0.6 is 35.1 Å².